The van der Waals surface area contributed by atoms with E-state index in [9.17, 15) is 4.39 Å². The van der Waals surface area contributed by atoms with Gasteiger partial charge in [0.15, 0.2) is 0 Å². The lowest BCUT2D eigenvalue weighted by molar-refractivity contribution is 0.324. The van der Waals surface area contributed by atoms with Crippen molar-refractivity contribution in [2.45, 2.75) is 59.3 Å². The van der Waals surface area contributed by atoms with Gasteiger partial charge in [-0.25, -0.2) is 4.39 Å². The summed E-state index contributed by atoms with van der Waals surface area (Å²) in [5.41, 5.74) is 0.866. The van der Waals surface area contributed by atoms with Gasteiger partial charge in [0.1, 0.15) is 5.82 Å². The maximum Gasteiger partial charge on any atom is 0.126 e. The summed E-state index contributed by atoms with van der Waals surface area (Å²) >= 11 is 0. The van der Waals surface area contributed by atoms with Gasteiger partial charge in [0.25, 0.3) is 0 Å². The van der Waals surface area contributed by atoms with Crippen molar-refractivity contribution >= 4 is 0 Å². The first-order valence-corrected chi connectivity index (χ1v) is 8.65. The van der Waals surface area contributed by atoms with Crippen molar-refractivity contribution < 1.29 is 4.39 Å². The molecule has 0 amide bonds. The van der Waals surface area contributed by atoms with Crippen LogP contribution in [0.25, 0.3) is 0 Å². The standard InChI is InChI=1S/C19H32FN/c1-4-7-10-16(5-2)13-17(15-21-6-3)14-18-11-8-9-12-19(18)20/h8-9,11-12,16-17,21H,4-7,10,13-15H2,1-3H3. The number of halogens is 1. The van der Waals surface area contributed by atoms with Gasteiger partial charge in [-0.1, -0.05) is 64.7 Å². The van der Waals surface area contributed by atoms with E-state index < -0.39 is 0 Å². The summed E-state index contributed by atoms with van der Waals surface area (Å²) in [6.07, 6.45) is 7.18. The van der Waals surface area contributed by atoms with E-state index in [4.69, 9.17) is 0 Å². The van der Waals surface area contributed by atoms with Crippen LogP contribution in [0, 0.1) is 17.7 Å². The number of hydrogen-bond donors (Lipinski definition) is 1. The molecular formula is C19H32FN. The SMILES string of the molecule is CCCCC(CC)CC(CNCC)Cc1ccccc1F. The quantitative estimate of drug-likeness (QED) is 0.591. The van der Waals surface area contributed by atoms with Crippen molar-refractivity contribution in [2.24, 2.45) is 11.8 Å². The monoisotopic (exact) mass is 293 g/mol. The third-order valence-corrected chi connectivity index (χ3v) is 4.36. The smallest absolute Gasteiger partial charge is 0.126 e. The maximum absolute atomic E-state index is 13.9. The molecule has 0 bridgehead atoms. The summed E-state index contributed by atoms with van der Waals surface area (Å²) in [6.45, 7) is 8.65. The van der Waals surface area contributed by atoms with Crippen LogP contribution in [-0.4, -0.2) is 13.1 Å². The molecule has 1 aromatic carbocycles. The third kappa shape index (κ3) is 7.08. The zero-order chi connectivity index (χ0) is 15.5. The van der Waals surface area contributed by atoms with Gasteiger partial charge in [0.2, 0.25) is 0 Å². The fraction of sp³-hybridized carbons (Fsp3) is 0.684. The normalized spacial score (nSPS) is 14.1. The zero-order valence-corrected chi connectivity index (χ0v) is 14.0. The summed E-state index contributed by atoms with van der Waals surface area (Å²) in [5.74, 6) is 1.25. The van der Waals surface area contributed by atoms with Crippen molar-refractivity contribution in [2.75, 3.05) is 13.1 Å². The molecular weight excluding hydrogens is 261 g/mol. The first-order valence-electron chi connectivity index (χ1n) is 8.65. The molecule has 0 spiro atoms. The Labute approximate surface area is 130 Å². The van der Waals surface area contributed by atoms with E-state index in [2.05, 4.69) is 26.1 Å². The van der Waals surface area contributed by atoms with E-state index in [-0.39, 0.29) is 5.82 Å². The maximum atomic E-state index is 13.9. The number of nitrogens with one attached hydrogen (secondary N) is 1. The topological polar surface area (TPSA) is 12.0 Å². The Kier molecular flexibility index (Phi) is 9.32. The second-order valence-electron chi connectivity index (χ2n) is 6.12. The molecule has 1 nitrogen and oxygen atoms in total. The Bertz CT molecular complexity index is 378. The van der Waals surface area contributed by atoms with Crippen molar-refractivity contribution in [3.63, 3.8) is 0 Å². The largest absolute Gasteiger partial charge is 0.317 e. The van der Waals surface area contributed by atoms with Crippen LogP contribution < -0.4 is 5.32 Å². The molecule has 0 radical (unpaired) electrons. The first-order chi connectivity index (χ1) is 10.2. The van der Waals surface area contributed by atoms with Crippen molar-refractivity contribution in [1.29, 1.82) is 0 Å². The molecule has 1 aromatic rings. The lowest BCUT2D eigenvalue weighted by Gasteiger charge is -2.23. The second-order valence-corrected chi connectivity index (χ2v) is 6.12. The van der Waals surface area contributed by atoms with E-state index in [0.29, 0.717) is 5.92 Å². The molecule has 0 aliphatic heterocycles. The van der Waals surface area contributed by atoms with Gasteiger partial charge in [-0.2, -0.15) is 0 Å². The van der Waals surface area contributed by atoms with Crippen molar-refractivity contribution in [3.8, 4) is 0 Å². The Hall–Kier alpha value is -0.890. The fourth-order valence-electron chi connectivity index (χ4n) is 3.02. The van der Waals surface area contributed by atoms with Gasteiger partial charge in [-0.15, -0.1) is 0 Å². The predicted octanol–water partition coefficient (Wildman–Crippen LogP) is 5.20. The molecule has 0 aliphatic carbocycles. The molecule has 0 aromatic heterocycles. The highest BCUT2D eigenvalue weighted by Crippen LogP contribution is 2.24. The van der Waals surface area contributed by atoms with Gasteiger partial charge < -0.3 is 5.32 Å². The van der Waals surface area contributed by atoms with Crippen LogP contribution in [0.3, 0.4) is 0 Å². The van der Waals surface area contributed by atoms with Gasteiger partial charge in [-0.05, 0) is 49.4 Å². The van der Waals surface area contributed by atoms with Crippen LogP contribution >= 0.6 is 0 Å². The van der Waals surface area contributed by atoms with Crippen LogP contribution in [0.1, 0.15) is 58.4 Å². The molecule has 2 heteroatoms. The summed E-state index contributed by atoms with van der Waals surface area (Å²) in [4.78, 5) is 0. The highest BCUT2D eigenvalue weighted by Gasteiger charge is 2.17. The highest BCUT2D eigenvalue weighted by atomic mass is 19.1. The number of unbranched alkanes of at least 4 members (excludes halogenated alkanes) is 1. The van der Waals surface area contributed by atoms with Crippen LogP contribution in [0.5, 0.6) is 0 Å². The minimum absolute atomic E-state index is 0.0550. The first kappa shape index (κ1) is 18.2. The third-order valence-electron chi connectivity index (χ3n) is 4.36. The van der Waals surface area contributed by atoms with Crippen LogP contribution in [0.2, 0.25) is 0 Å². The molecule has 2 atom stereocenters. The molecule has 1 N–H and O–H groups in total. The molecule has 1 rings (SSSR count). The molecule has 2 unspecified atom stereocenters. The summed E-state index contributed by atoms with van der Waals surface area (Å²) < 4.78 is 13.9. The van der Waals surface area contributed by atoms with E-state index in [0.717, 1.165) is 31.0 Å². The number of hydrogen-bond acceptors (Lipinski definition) is 1. The lowest BCUT2D eigenvalue weighted by Crippen LogP contribution is -2.26. The number of benzene rings is 1. The summed E-state index contributed by atoms with van der Waals surface area (Å²) in [7, 11) is 0. The van der Waals surface area contributed by atoms with Gasteiger partial charge in [0, 0.05) is 0 Å². The minimum Gasteiger partial charge on any atom is -0.317 e. The lowest BCUT2D eigenvalue weighted by atomic mass is 9.85. The molecule has 0 heterocycles. The Balaban J connectivity index is 2.63. The molecule has 21 heavy (non-hydrogen) atoms. The van der Waals surface area contributed by atoms with Crippen molar-refractivity contribution in [3.05, 3.63) is 35.6 Å². The van der Waals surface area contributed by atoms with Crippen LogP contribution in [-0.2, 0) is 6.42 Å². The summed E-state index contributed by atoms with van der Waals surface area (Å²) in [6, 6.07) is 7.22. The minimum atomic E-state index is -0.0550. The zero-order valence-electron chi connectivity index (χ0n) is 14.0. The molecule has 0 fully saturated rings. The van der Waals surface area contributed by atoms with Gasteiger partial charge in [-0.3, -0.25) is 0 Å². The van der Waals surface area contributed by atoms with Crippen LogP contribution in [0.15, 0.2) is 24.3 Å². The van der Waals surface area contributed by atoms with Crippen molar-refractivity contribution in [1.82, 2.24) is 5.32 Å². The summed E-state index contributed by atoms with van der Waals surface area (Å²) in [5, 5.41) is 3.45. The predicted molar refractivity (Wildman–Crippen MR) is 90.1 cm³/mol. The Morgan fingerprint density at radius 2 is 1.86 bits per heavy atom. The molecule has 120 valence electrons. The average Bonchev–Trinajstić information content (AvgIpc) is 2.50. The molecule has 0 saturated heterocycles. The van der Waals surface area contributed by atoms with E-state index in [1.54, 1.807) is 12.1 Å². The van der Waals surface area contributed by atoms with Gasteiger partial charge in [0.05, 0.1) is 0 Å². The molecule has 0 saturated carbocycles. The Morgan fingerprint density at radius 1 is 1.10 bits per heavy atom. The second kappa shape index (κ2) is 10.8. The van der Waals surface area contributed by atoms with E-state index in [1.165, 1.54) is 32.1 Å². The Morgan fingerprint density at radius 3 is 2.48 bits per heavy atom. The van der Waals surface area contributed by atoms with Gasteiger partial charge >= 0.3 is 0 Å². The average molecular weight is 293 g/mol. The van der Waals surface area contributed by atoms with E-state index >= 15 is 0 Å². The highest BCUT2D eigenvalue weighted by molar-refractivity contribution is 5.17. The number of rotatable bonds is 11. The fourth-order valence-corrected chi connectivity index (χ4v) is 3.02. The van der Waals surface area contributed by atoms with Crippen LogP contribution in [0.4, 0.5) is 4.39 Å². The molecule has 0 aliphatic rings. The van der Waals surface area contributed by atoms with E-state index in [1.807, 2.05) is 12.1 Å².